The van der Waals surface area contributed by atoms with Crippen LogP contribution >= 0.6 is 0 Å². The number of aromatic amines is 2. The van der Waals surface area contributed by atoms with Crippen molar-refractivity contribution in [3.8, 4) is 11.3 Å². The van der Waals surface area contributed by atoms with Crippen LogP contribution in [0.15, 0.2) is 30.5 Å². The van der Waals surface area contributed by atoms with Crippen LogP contribution in [0.5, 0.6) is 0 Å². The molecule has 0 spiro atoms. The second kappa shape index (κ2) is 6.50. The maximum Gasteiger partial charge on any atom is 0.156 e. The monoisotopic (exact) mass is 359 g/mol. The van der Waals surface area contributed by atoms with Crippen molar-refractivity contribution in [1.82, 2.24) is 25.5 Å². The number of aromatic nitrogens is 4. The molecule has 5 heteroatoms. The fraction of sp³-hybridized carbons (Fsp3) is 0.364. The summed E-state index contributed by atoms with van der Waals surface area (Å²) in [5, 5.41) is 13.3. The molecule has 0 radical (unpaired) electrons. The molecule has 3 aromatic heterocycles. The number of nitrogens with one attached hydrogen (secondary N) is 3. The number of rotatable bonds is 3. The minimum Gasteiger partial charge on any atom is -0.354 e. The molecule has 0 aliphatic carbocycles. The third-order valence-corrected chi connectivity index (χ3v) is 6.01. The molecule has 5 rings (SSSR count). The number of pyridine rings is 1. The van der Waals surface area contributed by atoms with E-state index in [-0.39, 0.29) is 0 Å². The van der Waals surface area contributed by atoms with E-state index in [1.165, 1.54) is 46.1 Å². The van der Waals surface area contributed by atoms with E-state index < -0.39 is 0 Å². The lowest BCUT2D eigenvalue weighted by Crippen LogP contribution is -2.26. The molecule has 138 valence electrons. The predicted octanol–water partition coefficient (Wildman–Crippen LogP) is 4.44. The van der Waals surface area contributed by atoms with Crippen molar-refractivity contribution in [1.29, 1.82) is 0 Å². The van der Waals surface area contributed by atoms with Crippen LogP contribution in [0.2, 0.25) is 0 Å². The molecule has 27 heavy (non-hydrogen) atoms. The van der Waals surface area contributed by atoms with Gasteiger partial charge < -0.3 is 10.3 Å². The molecule has 3 N–H and O–H groups in total. The number of hydrogen-bond acceptors (Lipinski definition) is 3. The number of hydrogen-bond donors (Lipinski definition) is 3. The Kier molecular flexibility index (Phi) is 3.97. The highest BCUT2D eigenvalue weighted by molar-refractivity contribution is 5.99. The predicted molar refractivity (Wildman–Crippen MR) is 110 cm³/mol. The Morgan fingerprint density at radius 3 is 2.81 bits per heavy atom. The van der Waals surface area contributed by atoms with Gasteiger partial charge in [0.1, 0.15) is 0 Å². The Hall–Kier alpha value is -2.66. The van der Waals surface area contributed by atoms with Gasteiger partial charge in [-0.3, -0.25) is 5.10 Å². The molecule has 0 atom stereocenters. The highest BCUT2D eigenvalue weighted by Gasteiger charge is 2.19. The SMILES string of the molecule is CCc1c(-c2ccnc3[nH]nc(C)c23)[nH]c2ccc(C3CCNCC3)cc12. The summed E-state index contributed by atoms with van der Waals surface area (Å²) in [4.78, 5) is 8.12. The van der Waals surface area contributed by atoms with E-state index in [1.54, 1.807) is 0 Å². The van der Waals surface area contributed by atoms with Crippen molar-refractivity contribution in [2.45, 2.75) is 39.0 Å². The summed E-state index contributed by atoms with van der Waals surface area (Å²) in [6.45, 7) is 6.52. The van der Waals surface area contributed by atoms with Gasteiger partial charge in [0, 0.05) is 22.7 Å². The molecule has 1 aliphatic rings. The number of piperidine rings is 1. The molecule has 4 heterocycles. The zero-order valence-electron chi connectivity index (χ0n) is 15.9. The smallest absolute Gasteiger partial charge is 0.156 e. The van der Waals surface area contributed by atoms with Crippen molar-refractivity contribution in [2.24, 2.45) is 0 Å². The van der Waals surface area contributed by atoms with Crippen LogP contribution < -0.4 is 5.32 Å². The molecular weight excluding hydrogens is 334 g/mol. The first-order valence-corrected chi connectivity index (χ1v) is 9.91. The third-order valence-electron chi connectivity index (χ3n) is 6.01. The van der Waals surface area contributed by atoms with Crippen LogP contribution in [0.1, 0.15) is 42.5 Å². The first-order valence-electron chi connectivity index (χ1n) is 9.91. The summed E-state index contributed by atoms with van der Waals surface area (Å²) < 4.78 is 0. The standard InChI is InChI=1S/C22H25N5/c1-3-16-18-12-15(14-6-9-23-10-7-14)4-5-19(18)25-21(16)17-8-11-24-22-20(17)13(2)26-27-22/h4-5,8,11-12,14,23,25H,3,6-7,9-10H2,1-2H3,(H,24,26,27). The second-order valence-corrected chi connectivity index (χ2v) is 7.55. The van der Waals surface area contributed by atoms with Crippen LogP contribution in [0.4, 0.5) is 0 Å². The van der Waals surface area contributed by atoms with Crippen LogP contribution in [0, 0.1) is 6.92 Å². The Bertz CT molecular complexity index is 1110. The summed E-state index contributed by atoms with van der Waals surface area (Å²) in [5.41, 5.74) is 8.29. The lowest BCUT2D eigenvalue weighted by molar-refractivity contribution is 0.460. The van der Waals surface area contributed by atoms with Crippen LogP contribution in [0.3, 0.4) is 0 Å². The minimum atomic E-state index is 0.669. The summed E-state index contributed by atoms with van der Waals surface area (Å²) in [6.07, 6.45) is 5.30. The Labute approximate surface area is 158 Å². The third kappa shape index (κ3) is 2.65. The molecule has 0 saturated carbocycles. The lowest BCUT2D eigenvalue weighted by atomic mass is 9.89. The zero-order valence-corrected chi connectivity index (χ0v) is 15.9. The maximum absolute atomic E-state index is 4.44. The topological polar surface area (TPSA) is 69.4 Å². The van der Waals surface area contributed by atoms with Crippen LogP contribution in [-0.2, 0) is 6.42 Å². The average molecular weight is 359 g/mol. The lowest BCUT2D eigenvalue weighted by Gasteiger charge is -2.23. The molecule has 1 saturated heterocycles. The summed E-state index contributed by atoms with van der Waals surface area (Å²) in [5.74, 6) is 0.669. The molecule has 1 aliphatic heterocycles. The second-order valence-electron chi connectivity index (χ2n) is 7.55. The fourth-order valence-electron chi connectivity index (χ4n) is 4.59. The molecule has 0 unspecified atom stereocenters. The maximum atomic E-state index is 4.44. The molecule has 5 nitrogen and oxygen atoms in total. The number of H-pyrrole nitrogens is 2. The van der Waals surface area contributed by atoms with E-state index in [9.17, 15) is 0 Å². The van der Waals surface area contributed by atoms with Gasteiger partial charge in [-0.25, -0.2) is 4.98 Å². The van der Waals surface area contributed by atoms with Gasteiger partial charge in [0.05, 0.1) is 16.8 Å². The van der Waals surface area contributed by atoms with E-state index in [2.05, 4.69) is 56.7 Å². The van der Waals surface area contributed by atoms with E-state index in [1.807, 2.05) is 13.1 Å². The van der Waals surface area contributed by atoms with Crippen molar-refractivity contribution in [3.05, 3.63) is 47.3 Å². The molecule has 4 aromatic rings. The molecule has 0 amide bonds. The van der Waals surface area contributed by atoms with Gasteiger partial charge in [0.15, 0.2) is 5.65 Å². The highest BCUT2D eigenvalue weighted by Crippen LogP contribution is 2.37. The Morgan fingerprint density at radius 1 is 1.15 bits per heavy atom. The van der Waals surface area contributed by atoms with Crippen molar-refractivity contribution in [3.63, 3.8) is 0 Å². The highest BCUT2D eigenvalue weighted by atomic mass is 15.1. The van der Waals surface area contributed by atoms with E-state index >= 15 is 0 Å². The zero-order chi connectivity index (χ0) is 18.4. The molecule has 1 aromatic carbocycles. The summed E-state index contributed by atoms with van der Waals surface area (Å²) in [7, 11) is 0. The van der Waals surface area contributed by atoms with Gasteiger partial charge in [-0.05, 0) is 74.5 Å². The van der Waals surface area contributed by atoms with Gasteiger partial charge in [-0.1, -0.05) is 13.0 Å². The largest absolute Gasteiger partial charge is 0.354 e. The van der Waals surface area contributed by atoms with E-state index in [0.717, 1.165) is 36.2 Å². The van der Waals surface area contributed by atoms with Gasteiger partial charge in [-0.15, -0.1) is 0 Å². The summed E-state index contributed by atoms with van der Waals surface area (Å²) >= 11 is 0. The van der Waals surface area contributed by atoms with Gasteiger partial charge in [0.25, 0.3) is 0 Å². The fourth-order valence-corrected chi connectivity index (χ4v) is 4.59. The number of benzene rings is 1. The van der Waals surface area contributed by atoms with Crippen molar-refractivity contribution >= 4 is 21.9 Å². The van der Waals surface area contributed by atoms with Crippen LogP contribution in [-0.4, -0.2) is 33.3 Å². The van der Waals surface area contributed by atoms with Crippen LogP contribution in [0.25, 0.3) is 33.2 Å². The van der Waals surface area contributed by atoms with Gasteiger partial charge in [0.2, 0.25) is 0 Å². The number of nitrogens with zero attached hydrogens (tertiary/aromatic N) is 2. The first-order chi connectivity index (χ1) is 13.3. The minimum absolute atomic E-state index is 0.669. The number of aryl methyl sites for hydroxylation is 2. The molecule has 0 bridgehead atoms. The average Bonchev–Trinajstić information content (AvgIpc) is 3.28. The van der Waals surface area contributed by atoms with E-state index in [4.69, 9.17) is 0 Å². The van der Waals surface area contributed by atoms with Gasteiger partial charge in [-0.2, -0.15) is 5.10 Å². The van der Waals surface area contributed by atoms with Gasteiger partial charge >= 0.3 is 0 Å². The first kappa shape index (κ1) is 16.5. The summed E-state index contributed by atoms with van der Waals surface area (Å²) in [6, 6.07) is 9.09. The Balaban J connectivity index is 1.69. The normalized spacial score (nSPS) is 15.8. The van der Waals surface area contributed by atoms with Crippen molar-refractivity contribution < 1.29 is 0 Å². The molecule has 1 fully saturated rings. The Morgan fingerprint density at radius 2 is 2.00 bits per heavy atom. The number of fused-ring (bicyclic) bond motifs is 2. The van der Waals surface area contributed by atoms with Crippen molar-refractivity contribution in [2.75, 3.05) is 13.1 Å². The molecular formula is C22H25N5. The van der Waals surface area contributed by atoms with E-state index in [0.29, 0.717) is 5.92 Å². The quantitative estimate of drug-likeness (QED) is 0.506.